The number of imidazole rings is 1. The Hall–Kier alpha value is -2.36. The molecule has 3 N–H and O–H groups in total. The van der Waals surface area contributed by atoms with Crippen molar-refractivity contribution in [2.75, 3.05) is 18.7 Å². The molecular weight excluding hydrogens is 339 g/mol. The summed E-state index contributed by atoms with van der Waals surface area (Å²) in [4.78, 5) is 14.8. The molecule has 0 amide bonds. The van der Waals surface area contributed by atoms with Crippen LogP contribution in [0.5, 0.6) is 0 Å². The minimum atomic E-state index is -1.14. The van der Waals surface area contributed by atoms with Gasteiger partial charge in [0.25, 0.3) is 0 Å². The summed E-state index contributed by atoms with van der Waals surface area (Å²) in [7, 11) is -0.615. The number of aliphatic hydroxyl groups is 1. The quantitative estimate of drug-likeness (QED) is 0.246. The Kier molecular flexibility index (Phi) is 4.84. The van der Waals surface area contributed by atoms with Crippen LogP contribution in [0.3, 0.4) is 0 Å². The number of rotatable bonds is 6. The first-order chi connectivity index (χ1) is 11.7. The van der Waals surface area contributed by atoms with E-state index in [2.05, 4.69) is 25.0 Å². The Balaban J connectivity index is 1.91. The highest BCUT2D eigenvalue weighted by Crippen LogP contribution is 2.33. The summed E-state index contributed by atoms with van der Waals surface area (Å²) < 4.78 is 22.9. The minimum absolute atomic E-state index is 0.0240. The number of hydrogen-bond acceptors (Lipinski definition) is 9. The van der Waals surface area contributed by atoms with Crippen LogP contribution in [0.1, 0.15) is 6.23 Å². The lowest BCUT2D eigenvalue weighted by molar-refractivity contribution is -0.0560. The van der Waals surface area contributed by atoms with Gasteiger partial charge in [0.15, 0.2) is 17.7 Å². The van der Waals surface area contributed by atoms with Crippen LogP contribution >= 0.6 is 8.46 Å². The van der Waals surface area contributed by atoms with Gasteiger partial charge in [0, 0.05) is 4.91 Å². The predicted molar refractivity (Wildman–Crippen MR) is 82.4 cm³/mol. The highest BCUT2D eigenvalue weighted by atomic mass is 31.1. The van der Waals surface area contributed by atoms with E-state index in [0.717, 1.165) is 0 Å². The van der Waals surface area contributed by atoms with Crippen molar-refractivity contribution in [3.63, 3.8) is 0 Å². The number of aliphatic hydroxyl groups excluding tert-OH is 1. The van der Waals surface area contributed by atoms with E-state index in [9.17, 15) is 9.67 Å². The smallest absolute Gasteiger partial charge is 0.353 e. The Bertz CT molecular complexity index is 793. The number of fused-ring (bicyclic) bond motifs is 1. The Morgan fingerprint density at radius 3 is 3.12 bits per heavy atom. The second-order valence-electron chi connectivity index (χ2n) is 4.99. The van der Waals surface area contributed by atoms with Crippen LogP contribution in [0.15, 0.2) is 17.8 Å². The molecule has 12 nitrogen and oxygen atoms in total. The van der Waals surface area contributed by atoms with Crippen molar-refractivity contribution in [1.29, 1.82) is 0 Å². The Labute approximate surface area is 136 Å². The summed E-state index contributed by atoms with van der Waals surface area (Å²) in [5.74, 6) is 0.203. The van der Waals surface area contributed by atoms with Gasteiger partial charge >= 0.3 is 8.46 Å². The minimum Gasteiger partial charge on any atom is -0.388 e. The van der Waals surface area contributed by atoms with Gasteiger partial charge in [-0.15, -0.1) is 0 Å². The van der Waals surface area contributed by atoms with Crippen LogP contribution in [0, 0.1) is 0 Å². The molecule has 1 aliphatic heterocycles. The zero-order valence-corrected chi connectivity index (χ0v) is 13.3. The van der Waals surface area contributed by atoms with E-state index >= 15 is 0 Å². The molecular formula is C11H14N8O4P+. The molecule has 1 saturated heterocycles. The molecule has 0 aromatic carbocycles. The zero-order chi connectivity index (χ0) is 17.1. The summed E-state index contributed by atoms with van der Waals surface area (Å²) >= 11 is 0. The van der Waals surface area contributed by atoms with Gasteiger partial charge in [-0.25, -0.2) is 15.0 Å². The molecule has 0 aliphatic carbocycles. The van der Waals surface area contributed by atoms with Gasteiger partial charge in [0.1, 0.15) is 17.9 Å². The predicted octanol–water partition coefficient (Wildman–Crippen LogP) is 0.344. The molecule has 13 heteroatoms. The van der Waals surface area contributed by atoms with Gasteiger partial charge in [-0.2, -0.15) is 0 Å². The van der Waals surface area contributed by atoms with Gasteiger partial charge in [0.2, 0.25) is 6.35 Å². The third-order valence-electron chi connectivity index (χ3n) is 3.63. The van der Waals surface area contributed by atoms with E-state index < -0.39 is 32.9 Å². The summed E-state index contributed by atoms with van der Waals surface area (Å²) in [5.41, 5.74) is 15.2. The fraction of sp³-hybridized carbons (Fsp3) is 0.545. The van der Waals surface area contributed by atoms with E-state index in [1.165, 1.54) is 17.2 Å². The number of anilines is 1. The molecule has 0 spiro atoms. The van der Waals surface area contributed by atoms with Gasteiger partial charge in [-0.1, -0.05) is 9.68 Å². The van der Waals surface area contributed by atoms with Gasteiger partial charge in [-0.05, 0) is 5.53 Å². The lowest BCUT2D eigenvalue weighted by Gasteiger charge is -2.16. The summed E-state index contributed by atoms with van der Waals surface area (Å²) in [6.07, 6.45) is -0.00658. The molecule has 3 rings (SSSR count). The molecule has 0 saturated carbocycles. The van der Waals surface area contributed by atoms with Crippen molar-refractivity contribution in [3.8, 4) is 0 Å². The van der Waals surface area contributed by atoms with Crippen LogP contribution < -0.4 is 5.73 Å². The van der Waals surface area contributed by atoms with Crippen LogP contribution in [0.4, 0.5) is 5.82 Å². The lowest BCUT2D eigenvalue weighted by Crippen LogP contribution is -2.32. The third kappa shape index (κ3) is 2.88. The third-order valence-corrected chi connectivity index (χ3v) is 3.95. The molecule has 5 unspecified atom stereocenters. The maximum atomic E-state index is 10.5. The number of ether oxygens (including phenoxy) is 2. The second kappa shape index (κ2) is 7.04. The van der Waals surface area contributed by atoms with Crippen LogP contribution in [0.25, 0.3) is 21.6 Å². The average Bonchev–Trinajstić information content (AvgIpc) is 3.12. The fourth-order valence-electron chi connectivity index (χ4n) is 2.57. The SMILES string of the molecule is [N-]=[N+]=NC1C(COC[PH+]=O)OC(n2cnc3c(N)ncnc32)C1O. The molecule has 5 atom stereocenters. The Morgan fingerprint density at radius 2 is 2.38 bits per heavy atom. The number of azide groups is 1. The van der Waals surface area contributed by atoms with E-state index in [0.29, 0.717) is 11.2 Å². The molecule has 126 valence electrons. The van der Waals surface area contributed by atoms with Crippen molar-refractivity contribution in [2.45, 2.75) is 24.5 Å². The van der Waals surface area contributed by atoms with Gasteiger partial charge in [-0.3, -0.25) is 4.57 Å². The number of nitrogen functional groups attached to an aromatic ring is 1. The topological polar surface area (TPSA) is 174 Å². The fourth-order valence-corrected chi connectivity index (χ4v) is 2.77. The largest absolute Gasteiger partial charge is 0.388 e. The van der Waals surface area contributed by atoms with Crippen molar-refractivity contribution in [2.24, 2.45) is 5.11 Å². The number of nitrogens with zero attached hydrogens (tertiary/aromatic N) is 7. The molecule has 2 aromatic heterocycles. The van der Waals surface area contributed by atoms with E-state index in [-0.39, 0.29) is 18.8 Å². The first-order valence-electron chi connectivity index (χ1n) is 6.91. The highest BCUT2D eigenvalue weighted by molar-refractivity contribution is 7.23. The summed E-state index contributed by atoms with van der Waals surface area (Å²) in [6.45, 7) is 0.0240. The van der Waals surface area contributed by atoms with E-state index in [1.54, 1.807) is 0 Å². The number of aromatic nitrogens is 4. The molecule has 1 fully saturated rings. The van der Waals surface area contributed by atoms with Crippen molar-refractivity contribution >= 4 is 25.4 Å². The van der Waals surface area contributed by atoms with Crippen LogP contribution in [-0.4, -0.2) is 55.8 Å². The zero-order valence-electron chi connectivity index (χ0n) is 12.3. The average molecular weight is 353 g/mol. The van der Waals surface area contributed by atoms with Crippen molar-refractivity contribution in [3.05, 3.63) is 23.1 Å². The summed E-state index contributed by atoms with van der Waals surface area (Å²) in [6, 6.07) is -0.869. The first-order valence-corrected chi connectivity index (χ1v) is 8.02. The van der Waals surface area contributed by atoms with Crippen molar-refractivity contribution < 1.29 is 19.1 Å². The normalized spacial score (nSPS) is 26.7. The monoisotopic (exact) mass is 353 g/mol. The highest BCUT2D eigenvalue weighted by Gasteiger charge is 2.45. The van der Waals surface area contributed by atoms with E-state index in [1.807, 2.05) is 0 Å². The molecule has 3 heterocycles. The molecule has 2 aromatic rings. The Morgan fingerprint density at radius 1 is 1.54 bits per heavy atom. The maximum Gasteiger partial charge on any atom is 0.353 e. The standard InChI is InChI=1S/C11H13N8O4P/c12-9-7-10(15-2-14-9)19(3-16-7)11-8(20)6(17-18-13)5(23-11)1-22-4-24-21/h2-3,5-6,8,11,20H,1,4H2,(H2,12,14,15)/p+1. The summed E-state index contributed by atoms with van der Waals surface area (Å²) in [5, 5.41) is 14.1. The van der Waals surface area contributed by atoms with Crippen LogP contribution in [-0.2, 0) is 14.0 Å². The number of hydrogen-bond donors (Lipinski definition) is 2. The first kappa shape index (κ1) is 16.5. The van der Waals surface area contributed by atoms with Gasteiger partial charge in [0.05, 0.1) is 25.1 Å². The molecule has 0 bridgehead atoms. The molecule has 0 radical (unpaired) electrons. The van der Waals surface area contributed by atoms with Gasteiger partial charge < -0.3 is 20.3 Å². The maximum absolute atomic E-state index is 10.5. The lowest BCUT2D eigenvalue weighted by atomic mass is 10.1. The number of nitrogens with two attached hydrogens (primary N) is 1. The van der Waals surface area contributed by atoms with Crippen LogP contribution in [0.2, 0.25) is 0 Å². The molecule has 24 heavy (non-hydrogen) atoms. The molecule has 1 aliphatic rings. The van der Waals surface area contributed by atoms with Crippen molar-refractivity contribution in [1.82, 2.24) is 19.5 Å². The second-order valence-corrected chi connectivity index (χ2v) is 5.57. The van der Waals surface area contributed by atoms with E-state index in [4.69, 9.17) is 20.7 Å².